The Balaban J connectivity index is 2.49. The van der Waals surface area contributed by atoms with Crippen molar-refractivity contribution in [3.63, 3.8) is 0 Å². The molecule has 4 heteroatoms. The van der Waals surface area contributed by atoms with Crippen molar-refractivity contribution < 1.29 is 15.0 Å². The molecule has 1 aliphatic heterocycles. The molecule has 0 aromatic carbocycles. The second-order valence-electron chi connectivity index (χ2n) is 3.36. The number of nitrogens with zero attached hydrogens (tertiary/aromatic N) is 1. The number of β-amino-alcohol motifs (C(OH)–C–C–N with tert-alkyl or cyclic N) is 1. The minimum absolute atomic E-state index is 0.274. The monoisotopic (exact) mass is 173 g/mol. The van der Waals surface area contributed by atoms with Gasteiger partial charge in [0.25, 0.3) is 0 Å². The normalized spacial score (nSPS) is 30.8. The van der Waals surface area contributed by atoms with Gasteiger partial charge in [0.2, 0.25) is 0 Å². The molecule has 1 heterocycles. The summed E-state index contributed by atoms with van der Waals surface area (Å²) in [5.41, 5.74) is -1.49. The molecule has 1 atom stereocenters. The third kappa shape index (κ3) is 1.76. The average molecular weight is 173 g/mol. The van der Waals surface area contributed by atoms with Crippen LogP contribution in [0, 0.1) is 0 Å². The quantitative estimate of drug-likeness (QED) is 0.626. The second kappa shape index (κ2) is 3.41. The fourth-order valence-corrected chi connectivity index (χ4v) is 1.55. The predicted molar refractivity (Wildman–Crippen MR) is 43.9 cm³/mol. The van der Waals surface area contributed by atoms with E-state index in [9.17, 15) is 9.90 Å². The van der Waals surface area contributed by atoms with Gasteiger partial charge in [-0.1, -0.05) is 6.92 Å². The van der Waals surface area contributed by atoms with E-state index < -0.39 is 11.6 Å². The molecule has 1 unspecified atom stereocenters. The van der Waals surface area contributed by atoms with Gasteiger partial charge in [-0.3, -0.25) is 4.90 Å². The summed E-state index contributed by atoms with van der Waals surface area (Å²) in [4.78, 5) is 12.6. The Morgan fingerprint density at radius 1 is 1.67 bits per heavy atom. The van der Waals surface area contributed by atoms with Crippen molar-refractivity contribution in [2.24, 2.45) is 0 Å². The Morgan fingerprint density at radius 2 is 2.33 bits per heavy atom. The third-order valence-electron chi connectivity index (χ3n) is 2.26. The zero-order chi connectivity index (χ0) is 9.19. The zero-order valence-electron chi connectivity index (χ0n) is 7.29. The minimum atomic E-state index is -1.49. The molecular formula is C8H15NO3. The summed E-state index contributed by atoms with van der Waals surface area (Å²) in [7, 11) is 0. The zero-order valence-corrected chi connectivity index (χ0v) is 7.29. The predicted octanol–water partition coefficient (Wildman–Crippen LogP) is -0.0822. The maximum atomic E-state index is 10.6. The van der Waals surface area contributed by atoms with E-state index in [1.54, 1.807) is 0 Å². The van der Waals surface area contributed by atoms with Crippen molar-refractivity contribution >= 4 is 5.97 Å². The lowest BCUT2D eigenvalue weighted by Crippen LogP contribution is -2.41. The van der Waals surface area contributed by atoms with Crippen LogP contribution in [0.4, 0.5) is 0 Å². The average Bonchev–Trinajstić information content (AvgIpc) is 2.34. The molecule has 0 bridgehead atoms. The molecule has 0 radical (unpaired) electrons. The largest absolute Gasteiger partial charge is 0.479 e. The molecule has 1 fully saturated rings. The van der Waals surface area contributed by atoms with Crippen molar-refractivity contribution in [3.8, 4) is 0 Å². The van der Waals surface area contributed by atoms with Gasteiger partial charge in [0.05, 0.1) is 0 Å². The van der Waals surface area contributed by atoms with Crippen LogP contribution in [0.25, 0.3) is 0 Å². The van der Waals surface area contributed by atoms with Crippen molar-refractivity contribution in [1.82, 2.24) is 4.90 Å². The highest BCUT2D eigenvalue weighted by molar-refractivity contribution is 5.77. The summed E-state index contributed by atoms with van der Waals surface area (Å²) in [6, 6.07) is 0. The Hall–Kier alpha value is -0.610. The summed E-state index contributed by atoms with van der Waals surface area (Å²) < 4.78 is 0. The maximum absolute atomic E-state index is 10.6. The van der Waals surface area contributed by atoms with Crippen molar-refractivity contribution in [3.05, 3.63) is 0 Å². The van der Waals surface area contributed by atoms with Crippen LogP contribution in [0.2, 0.25) is 0 Å². The first kappa shape index (κ1) is 9.48. The highest BCUT2D eigenvalue weighted by Crippen LogP contribution is 2.21. The maximum Gasteiger partial charge on any atom is 0.337 e. The molecule has 1 aliphatic rings. The van der Waals surface area contributed by atoms with E-state index in [1.807, 2.05) is 11.8 Å². The topological polar surface area (TPSA) is 60.8 Å². The molecule has 70 valence electrons. The van der Waals surface area contributed by atoms with E-state index >= 15 is 0 Å². The third-order valence-corrected chi connectivity index (χ3v) is 2.26. The summed E-state index contributed by atoms with van der Waals surface area (Å²) >= 11 is 0. The SMILES string of the molecule is CCCN1CCC(O)(C(=O)O)C1. The lowest BCUT2D eigenvalue weighted by Gasteiger charge is -2.18. The molecule has 0 aromatic heterocycles. The summed E-state index contributed by atoms with van der Waals surface area (Å²) in [5, 5.41) is 18.2. The van der Waals surface area contributed by atoms with Crippen molar-refractivity contribution in [2.75, 3.05) is 19.6 Å². The molecule has 0 saturated carbocycles. The number of carboxylic acid groups (broad SMARTS) is 1. The van der Waals surface area contributed by atoms with Crippen LogP contribution < -0.4 is 0 Å². The van der Waals surface area contributed by atoms with Crippen molar-refractivity contribution in [1.29, 1.82) is 0 Å². The Morgan fingerprint density at radius 3 is 2.75 bits per heavy atom. The summed E-state index contributed by atoms with van der Waals surface area (Å²) in [5.74, 6) is -1.10. The van der Waals surface area contributed by atoms with E-state index in [2.05, 4.69) is 0 Å². The summed E-state index contributed by atoms with van der Waals surface area (Å²) in [6.45, 7) is 3.88. The number of carboxylic acids is 1. The second-order valence-corrected chi connectivity index (χ2v) is 3.36. The van der Waals surface area contributed by atoms with Crippen LogP contribution >= 0.6 is 0 Å². The molecule has 12 heavy (non-hydrogen) atoms. The fraction of sp³-hybridized carbons (Fsp3) is 0.875. The van der Waals surface area contributed by atoms with Gasteiger partial charge in [0.1, 0.15) is 0 Å². The molecule has 1 rings (SSSR count). The molecule has 0 spiro atoms. The van der Waals surface area contributed by atoms with Gasteiger partial charge >= 0.3 is 5.97 Å². The highest BCUT2D eigenvalue weighted by Gasteiger charge is 2.42. The van der Waals surface area contributed by atoms with Crippen LogP contribution in [-0.4, -0.2) is 46.3 Å². The van der Waals surface area contributed by atoms with Gasteiger partial charge in [0, 0.05) is 19.5 Å². The smallest absolute Gasteiger partial charge is 0.337 e. The first-order valence-corrected chi connectivity index (χ1v) is 4.26. The number of hydrogen-bond acceptors (Lipinski definition) is 3. The molecule has 2 N–H and O–H groups in total. The Bertz CT molecular complexity index is 183. The van der Waals surface area contributed by atoms with Crippen LogP contribution in [-0.2, 0) is 4.79 Å². The fourth-order valence-electron chi connectivity index (χ4n) is 1.55. The molecule has 4 nitrogen and oxygen atoms in total. The van der Waals surface area contributed by atoms with E-state index in [0.29, 0.717) is 13.0 Å². The molecular weight excluding hydrogens is 158 g/mol. The van der Waals surface area contributed by atoms with E-state index in [-0.39, 0.29) is 6.54 Å². The van der Waals surface area contributed by atoms with Crippen LogP contribution in [0.5, 0.6) is 0 Å². The van der Waals surface area contributed by atoms with E-state index in [1.165, 1.54) is 0 Å². The number of aliphatic hydroxyl groups is 1. The van der Waals surface area contributed by atoms with E-state index in [4.69, 9.17) is 5.11 Å². The standard InChI is InChI=1S/C8H15NO3/c1-2-4-9-5-3-8(12,6-9)7(10)11/h12H,2-6H2,1H3,(H,10,11). The Labute approximate surface area is 71.8 Å². The van der Waals surface area contributed by atoms with E-state index in [0.717, 1.165) is 13.0 Å². The van der Waals surface area contributed by atoms with Gasteiger partial charge in [-0.15, -0.1) is 0 Å². The molecule has 0 aliphatic carbocycles. The van der Waals surface area contributed by atoms with Gasteiger partial charge in [0.15, 0.2) is 5.60 Å². The number of rotatable bonds is 3. The number of likely N-dealkylation sites (tertiary alicyclic amines) is 1. The van der Waals surface area contributed by atoms with Crippen LogP contribution in [0.15, 0.2) is 0 Å². The first-order valence-electron chi connectivity index (χ1n) is 4.26. The lowest BCUT2D eigenvalue weighted by molar-refractivity contribution is -0.156. The van der Waals surface area contributed by atoms with Gasteiger partial charge in [-0.25, -0.2) is 4.79 Å². The Kier molecular flexibility index (Phi) is 2.69. The number of carbonyl (C=O) groups is 1. The van der Waals surface area contributed by atoms with Gasteiger partial charge in [-0.05, 0) is 13.0 Å². The number of hydrogen-bond donors (Lipinski definition) is 2. The van der Waals surface area contributed by atoms with Crippen molar-refractivity contribution in [2.45, 2.75) is 25.4 Å². The highest BCUT2D eigenvalue weighted by atomic mass is 16.4. The van der Waals surface area contributed by atoms with Crippen LogP contribution in [0.1, 0.15) is 19.8 Å². The lowest BCUT2D eigenvalue weighted by atomic mass is 10.0. The molecule has 0 amide bonds. The number of aliphatic carboxylic acids is 1. The van der Waals surface area contributed by atoms with Crippen LogP contribution in [0.3, 0.4) is 0 Å². The first-order chi connectivity index (χ1) is 5.58. The molecule has 1 saturated heterocycles. The minimum Gasteiger partial charge on any atom is -0.479 e. The summed E-state index contributed by atoms with van der Waals surface area (Å²) in [6.07, 6.45) is 1.35. The molecule has 0 aromatic rings. The van der Waals surface area contributed by atoms with Gasteiger partial charge < -0.3 is 10.2 Å². The van der Waals surface area contributed by atoms with Gasteiger partial charge in [-0.2, -0.15) is 0 Å².